The number of alkyl halides is 3. The van der Waals surface area contributed by atoms with Crippen molar-refractivity contribution in [3.05, 3.63) is 71.2 Å². The molecule has 0 fully saturated rings. The summed E-state index contributed by atoms with van der Waals surface area (Å²) < 4.78 is 57.4. The number of nitrogens with zero attached hydrogens (tertiary/aromatic N) is 1. The highest BCUT2D eigenvalue weighted by Gasteiger charge is 2.30. The van der Waals surface area contributed by atoms with Gasteiger partial charge in [-0.1, -0.05) is 12.1 Å². The molecule has 0 bridgehead atoms. The summed E-state index contributed by atoms with van der Waals surface area (Å²) in [5.41, 5.74) is 0.730. The maximum Gasteiger partial charge on any atom is 0.416 e. The first-order valence-electron chi connectivity index (χ1n) is 7.89. The molecule has 2 aromatic carbocycles. The van der Waals surface area contributed by atoms with Gasteiger partial charge in [-0.25, -0.2) is 4.39 Å². The van der Waals surface area contributed by atoms with Gasteiger partial charge in [-0.05, 0) is 31.2 Å². The SMILES string of the molecule is CC(=O)c1ccc(OCc2c[nH]nc2-c2ccc(C(F)(F)F)cc2)cc1F. The minimum atomic E-state index is -4.41. The molecule has 140 valence electrons. The number of ketones is 1. The van der Waals surface area contributed by atoms with E-state index in [1.54, 1.807) is 6.20 Å². The van der Waals surface area contributed by atoms with Crippen molar-refractivity contribution in [2.24, 2.45) is 0 Å². The van der Waals surface area contributed by atoms with Crippen molar-refractivity contribution in [3.63, 3.8) is 0 Å². The molecule has 1 heterocycles. The molecule has 0 spiro atoms. The van der Waals surface area contributed by atoms with E-state index in [2.05, 4.69) is 10.2 Å². The Morgan fingerprint density at radius 3 is 2.44 bits per heavy atom. The predicted molar refractivity (Wildman–Crippen MR) is 89.8 cm³/mol. The van der Waals surface area contributed by atoms with Gasteiger partial charge in [-0.2, -0.15) is 18.3 Å². The van der Waals surface area contributed by atoms with Crippen molar-refractivity contribution in [2.45, 2.75) is 19.7 Å². The average Bonchev–Trinajstić information content (AvgIpc) is 3.07. The van der Waals surface area contributed by atoms with Crippen molar-refractivity contribution in [1.29, 1.82) is 0 Å². The number of carbonyl (C=O) groups excluding carboxylic acids is 1. The van der Waals surface area contributed by atoms with Crippen LogP contribution in [-0.4, -0.2) is 16.0 Å². The lowest BCUT2D eigenvalue weighted by Gasteiger charge is -2.09. The molecule has 8 heteroatoms. The quantitative estimate of drug-likeness (QED) is 0.501. The molecule has 0 saturated heterocycles. The Hall–Kier alpha value is -3.16. The molecule has 0 unspecified atom stereocenters. The third kappa shape index (κ3) is 4.16. The van der Waals surface area contributed by atoms with E-state index in [4.69, 9.17) is 4.74 Å². The minimum Gasteiger partial charge on any atom is -0.489 e. The van der Waals surface area contributed by atoms with Crippen LogP contribution in [0.5, 0.6) is 5.75 Å². The number of carbonyl (C=O) groups is 1. The summed E-state index contributed by atoms with van der Waals surface area (Å²) in [7, 11) is 0. The monoisotopic (exact) mass is 378 g/mol. The molecule has 0 atom stereocenters. The zero-order valence-electron chi connectivity index (χ0n) is 14.1. The maximum absolute atomic E-state index is 13.8. The predicted octanol–water partition coefficient (Wildman–Crippen LogP) is 5.02. The smallest absolute Gasteiger partial charge is 0.416 e. The van der Waals surface area contributed by atoms with E-state index in [1.807, 2.05) is 0 Å². The summed E-state index contributed by atoms with van der Waals surface area (Å²) in [6.45, 7) is 1.28. The molecular weight excluding hydrogens is 364 g/mol. The number of halogens is 4. The van der Waals surface area contributed by atoms with E-state index in [0.717, 1.165) is 18.2 Å². The zero-order chi connectivity index (χ0) is 19.6. The first-order valence-corrected chi connectivity index (χ1v) is 7.89. The van der Waals surface area contributed by atoms with Gasteiger partial charge in [-0.15, -0.1) is 0 Å². The number of ether oxygens (including phenoxy) is 1. The Bertz CT molecular complexity index is 963. The van der Waals surface area contributed by atoms with Crippen LogP contribution in [0.25, 0.3) is 11.3 Å². The van der Waals surface area contributed by atoms with Crippen LogP contribution < -0.4 is 4.74 Å². The van der Waals surface area contributed by atoms with Crippen LogP contribution in [0.15, 0.2) is 48.7 Å². The molecule has 0 saturated carbocycles. The third-order valence-corrected chi connectivity index (χ3v) is 3.92. The number of rotatable bonds is 5. The Labute approximate surface area is 151 Å². The fraction of sp³-hybridized carbons (Fsp3) is 0.158. The third-order valence-electron chi connectivity index (χ3n) is 3.92. The Morgan fingerprint density at radius 2 is 1.85 bits per heavy atom. The molecule has 0 aliphatic heterocycles. The van der Waals surface area contributed by atoms with Crippen LogP contribution >= 0.6 is 0 Å². The fourth-order valence-corrected chi connectivity index (χ4v) is 2.52. The second kappa shape index (κ2) is 7.22. The summed E-state index contributed by atoms with van der Waals surface area (Å²) in [6, 6.07) is 8.51. The summed E-state index contributed by atoms with van der Waals surface area (Å²) in [6.07, 6.45) is -2.86. The van der Waals surface area contributed by atoms with Crippen molar-refractivity contribution in [2.75, 3.05) is 0 Å². The van der Waals surface area contributed by atoms with E-state index in [0.29, 0.717) is 16.8 Å². The standard InChI is InChI=1S/C19H14F4N2O2/c1-11(26)16-7-6-15(8-17(16)20)27-10-13-9-24-25-18(13)12-2-4-14(5-3-12)19(21,22)23/h2-9H,10H2,1H3,(H,24,25). The van der Waals surface area contributed by atoms with Crippen LogP contribution in [0.4, 0.5) is 17.6 Å². The molecule has 0 aliphatic rings. The number of aromatic amines is 1. The van der Waals surface area contributed by atoms with Gasteiger partial charge in [0.05, 0.1) is 16.8 Å². The number of H-pyrrole nitrogens is 1. The molecular formula is C19H14F4N2O2. The number of aromatic nitrogens is 2. The van der Waals surface area contributed by atoms with E-state index < -0.39 is 23.3 Å². The first kappa shape index (κ1) is 18.6. The van der Waals surface area contributed by atoms with Crippen molar-refractivity contribution in [3.8, 4) is 17.0 Å². The van der Waals surface area contributed by atoms with Crippen molar-refractivity contribution < 1.29 is 27.1 Å². The molecule has 0 aliphatic carbocycles. The molecule has 3 aromatic rings. The van der Waals surface area contributed by atoms with Gasteiger partial charge in [-0.3, -0.25) is 9.89 Å². The lowest BCUT2D eigenvalue weighted by Crippen LogP contribution is -2.04. The van der Waals surface area contributed by atoms with E-state index >= 15 is 0 Å². The number of hydrogen-bond acceptors (Lipinski definition) is 3. The number of Topliss-reactive ketones (excluding diaryl/α,β-unsaturated/α-hetero) is 1. The fourth-order valence-electron chi connectivity index (χ4n) is 2.52. The molecule has 1 aromatic heterocycles. The Balaban J connectivity index is 1.76. The lowest BCUT2D eigenvalue weighted by molar-refractivity contribution is -0.137. The Kier molecular flexibility index (Phi) is 4.98. The van der Waals surface area contributed by atoms with Crippen LogP contribution in [0, 0.1) is 5.82 Å². The first-order chi connectivity index (χ1) is 12.8. The second-order valence-electron chi connectivity index (χ2n) is 5.82. The van der Waals surface area contributed by atoms with Gasteiger partial charge in [0, 0.05) is 23.4 Å². The van der Waals surface area contributed by atoms with Crippen LogP contribution in [0.3, 0.4) is 0 Å². The van der Waals surface area contributed by atoms with Gasteiger partial charge in [0.1, 0.15) is 18.2 Å². The molecule has 3 rings (SSSR count). The molecule has 27 heavy (non-hydrogen) atoms. The molecule has 1 N–H and O–H groups in total. The Morgan fingerprint density at radius 1 is 1.15 bits per heavy atom. The van der Waals surface area contributed by atoms with Gasteiger partial charge in [0.25, 0.3) is 0 Å². The highest BCUT2D eigenvalue weighted by atomic mass is 19.4. The lowest BCUT2D eigenvalue weighted by atomic mass is 10.1. The van der Waals surface area contributed by atoms with E-state index in [1.165, 1.54) is 31.2 Å². The van der Waals surface area contributed by atoms with Crippen molar-refractivity contribution in [1.82, 2.24) is 10.2 Å². The maximum atomic E-state index is 13.8. The highest BCUT2D eigenvalue weighted by molar-refractivity contribution is 5.94. The van der Waals surface area contributed by atoms with Crippen molar-refractivity contribution >= 4 is 5.78 Å². The van der Waals surface area contributed by atoms with Crippen LogP contribution in [0.1, 0.15) is 28.4 Å². The minimum absolute atomic E-state index is 0.0196. The molecule has 4 nitrogen and oxygen atoms in total. The summed E-state index contributed by atoms with van der Waals surface area (Å²) in [5.74, 6) is -0.856. The highest BCUT2D eigenvalue weighted by Crippen LogP contribution is 2.31. The topological polar surface area (TPSA) is 55.0 Å². The molecule has 0 radical (unpaired) electrons. The largest absolute Gasteiger partial charge is 0.489 e. The zero-order valence-corrected chi connectivity index (χ0v) is 14.1. The second-order valence-corrected chi connectivity index (χ2v) is 5.82. The van der Waals surface area contributed by atoms with Crippen LogP contribution in [-0.2, 0) is 12.8 Å². The average molecular weight is 378 g/mol. The summed E-state index contributed by atoms with van der Waals surface area (Å²) in [5, 5.41) is 6.68. The number of nitrogens with one attached hydrogen (secondary N) is 1. The van der Waals surface area contributed by atoms with Gasteiger partial charge in [0.15, 0.2) is 5.78 Å². The normalized spacial score (nSPS) is 11.4. The summed E-state index contributed by atoms with van der Waals surface area (Å²) in [4.78, 5) is 11.2. The number of hydrogen-bond donors (Lipinski definition) is 1. The van der Waals surface area contributed by atoms with Gasteiger partial charge < -0.3 is 4.74 Å². The van der Waals surface area contributed by atoms with E-state index in [9.17, 15) is 22.4 Å². The van der Waals surface area contributed by atoms with Crippen LogP contribution in [0.2, 0.25) is 0 Å². The van der Waals surface area contributed by atoms with Gasteiger partial charge in [0.2, 0.25) is 0 Å². The molecule has 0 amide bonds. The van der Waals surface area contributed by atoms with E-state index in [-0.39, 0.29) is 17.9 Å². The summed E-state index contributed by atoms with van der Waals surface area (Å²) >= 11 is 0. The number of benzene rings is 2. The van der Waals surface area contributed by atoms with Gasteiger partial charge >= 0.3 is 6.18 Å².